The molecule has 3 amide bonds. The summed E-state index contributed by atoms with van der Waals surface area (Å²) < 4.78 is 76.0. The van der Waals surface area contributed by atoms with Gasteiger partial charge in [0.2, 0.25) is 11.8 Å². The second-order valence-corrected chi connectivity index (χ2v) is 26.5. The van der Waals surface area contributed by atoms with Gasteiger partial charge in [-0.05, 0) is 69.1 Å². The molecule has 4 fully saturated rings. The molecule has 4 aliphatic heterocycles. The van der Waals surface area contributed by atoms with E-state index in [1.165, 1.54) is 58.8 Å². The van der Waals surface area contributed by atoms with Crippen molar-refractivity contribution < 1.29 is 116 Å². The minimum atomic E-state index is -5.40. The van der Waals surface area contributed by atoms with Crippen LogP contribution < -0.4 is 28.7 Å². The van der Waals surface area contributed by atoms with Gasteiger partial charge in [0.1, 0.15) is 61.0 Å². The molecule has 25 atom stereocenters. The molecule has 25 unspecified atom stereocenters. The van der Waals surface area contributed by atoms with E-state index in [-0.39, 0.29) is 17.9 Å². The Morgan fingerprint density at radius 1 is 0.631 bits per heavy atom. The monoisotopic (exact) mass is 1240 g/mol. The molecule has 18 N–H and O–H groups in total. The van der Waals surface area contributed by atoms with Crippen LogP contribution in [0.5, 0.6) is 0 Å². The molecule has 0 bridgehead atoms. The summed E-state index contributed by atoms with van der Waals surface area (Å²) in [6.45, 7) is 18.8. The first kappa shape index (κ1) is 74.1. The third-order valence-electron chi connectivity index (χ3n) is 16.5. The first-order valence-electron chi connectivity index (χ1n) is 29.4. The maximum absolute atomic E-state index is 13.7. The lowest BCUT2D eigenvalue weighted by Crippen LogP contribution is -2.71. The van der Waals surface area contributed by atoms with Gasteiger partial charge < -0.3 is 107 Å². The molecule has 0 aromatic carbocycles. The van der Waals surface area contributed by atoms with Crippen molar-refractivity contribution in [3.63, 3.8) is 0 Å². The number of rotatable bonds is 35. The van der Waals surface area contributed by atoms with E-state index in [1.54, 1.807) is 0 Å². The number of amides is 3. The van der Waals surface area contributed by atoms with Crippen LogP contribution in [0.25, 0.3) is 0 Å². The van der Waals surface area contributed by atoms with Gasteiger partial charge >= 0.3 is 13.9 Å². The van der Waals surface area contributed by atoms with Crippen LogP contribution in [-0.4, -0.2) is 207 Å². The quantitative estimate of drug-likeness (QED) is 0.0182. The van der Waals surface area contributed by atoms with Gasteiger partial charge in [-0.3, -0.25) is 23.9 Å². The summed E-state index contributed by atoms with van der Waals surface area (Å²) in [7, 11) is -5.40. The Hall–Kier alpha value is -2.40. The summed E-state index contributed by atoms with van der Waals surface area (Å²) in [6, 6.07) is -3.15. The lowest BCUT2D eigenvalue weighted by molar-refractivity contribution is -0.365. The van der Waals surface area contributed by atoms with Crippen LogP contribution in [0.1, 0.15) is 146 Å². The van der Waals surface area contributed by atoms with Crippen molar-refractivity contribution in [2.75, 3.05) is 19.8 Å². The van der Waals surface area contributed by atoms with E-state index in [0.29, 0.717) is 12.3 Å². The van der Waals surface area contributed by atoms with Crippen molar-refractivity contribution in [1.29, 1.82) is 0 Å². The van der Waals surface area contributed by atoms with Gasteiger partial charge in [-0.2, -0.15) is 0 Å². The van der Waals surface area contributed by atoms with Crippen LogP contribution in [-0.2, 0) is 70.7 Å². The molecule has 30 heteroatoms. The second-order valence-electron chi connectivity index (χ2n) is 25.1. The molecule has 29 nitrogen and oxygen atoms in total. The molecule has 4 heterocycles. The van der Waals surface area contributed by atoms with Gasteiger partial charge in [0.15, 0.2) is 49.6 Å². The van der Waals surface area contributed by atoms with Gasteiger partial charge in [0.05, 0.1) is 30.9 Å². The fraction of sp³-hybridized carbons (Fsp3) is 0.944. The number of aliphatic hydroxyl groups is 6. The summed E-state index contributed by atoms with van der Waals surface area (Å²) in [5.74, 6) is -0.0656. The molecule has 4 aliphatic rings. The number of hydrogen-bond donors (Lipinski definition) is 13. The summed E-state index contributed by atoms with van der Waals surface area (Å²) in [5.41, 5.74) is 26.6. The zero-order valence-corrected chi connectivity index (χ0v) is 51.3. The van der Waals surface area contributed by atoms with Crippen LogP contribution in [0, 0.1) is 29.1 Å². The van der Waals surface area contributed by atoms with E-state index >= 15 is 0 Å². The number of aliphatic hydroxyl groups excluding tert-OH is 5. The van der Waals surface area contributed by atoms with Gasteiger partial charge in [0, 0.05) is 6.61 Å². The second kappa shape index (κ2) is 33.4. The number of phosphoric acid groups is 1. The largest absolute Gasteiger partial charge is 0.474 e. The van der Waals surface area contributed by atoms with Gasteiger partial charge in [-0.1, -0.05) is 106 Å². The number of carbonyl (C=O) groups is 3. The Kier molecular flexibility index (Phi) is 29.5. The lowest BCUT2D eigenvalue weighted by Gasteiger charge is -2.50. The SMILES string of the molecule is CC(C)CCCC(C)CCC(C)CCC(C)(C)CCCCC(C)CCOC(COO)COP(=O)(O)OC1OC(C(N)=O)C(C)(O)C(OC(N)=O)C1OC1OC(C)C(OC2OC(C)C(OC3OC(C(N)=O)C(O)C(O)C3O)C(O)C2N)C(O)C1N. The van der Waals surface area contributed by atoms with Crippen LogP contribution in [0.15, 0.2) is 0 Å². The number of hydrogen-bond acceptors (Lipinski definition) is 25. The molecular formula is C54H102N5O24P. The summed E-state index contributed by atoms with van der Waals surface area (Å²) in [5, 5.41) is 74.9. The average Bonchev–Trinajstić information content (AvgIpc) is 0.924. The number of primary amides is 3. The van der Waals surface area contributed by atoms with Crippen molar-refractivity contribution in [2.45, 2.75) is 275 Å². The highest BCUT2D eigenvalue weighted by Crippen LogP contribution is 2.49. The first-order valence-corrected chi connectivity index (χ1v) is 30.9. The Balaban J connectivity index is 1.34. The summed E-state index contributed by atoms with van der Waals surface area (Å²) in [4.78, 5) is 52.3. The molecule has 4 saturated heterocycles. The van der Waals surface area contributed by atoms with E-state index in [1.807, 2.05) is 0 Å². The maximum atomic E-state index is 13.7. The number of unbranched alkanes of at least 4 members (excludes halogenated alkanes) is 1. The zero-order chi connectivity index (χ0) is 63.2. The molecule has 0 aromatic rings. The zero-order valence-electron chi connectivity index (χ0n) is 50.4. The van der Waals surface area contributed by atoms with Gasteiger partial charge in [0.25, 0.3) is 0 Å². The van der Waals surface area contributed by atoms with Crippen LogP contribution in [0.4, 0.5) is 4.79 Å². The van der Waals surface area contributed by atoms with E-state index in [4.69, 9.17) is 80.3 Å². The Bertz CT molecular complexity index is 2060. The Morgan fingerprint density at radius 2 is 1.17 bits per heavy atom. The van der Waals surface area contributed by atoms with Crippen LogP contribution in [0.3, 0.4) is 0 Å². The van der Waals surface area contributed by atoms with Crippen molar-refractivity contribution in [3.8, 4) is 0 Å². The smallest absolute Gasteiger partial charge is 0.440 e. The topological polar surface area (TPSA) is 471 Å². The molecule has 0 aromatic heterocycles. The standard InChI is InChI=1S/C54H102N5O24P/c1-26(2)14-13-16-27(3)17-18-29(5)19-22-53(8,9)21-12-11-15-28(4)20-23-72-32(24-73-69)25-74-84(70,71)83-51-43(44(82-52(59)67)54(10,68)45(81-51)47(58)66)80-49-34(56)35(60)40(30(6)76-49)77-48-33(55)36(61)41(31(7)75-48)78-50-39(64)37(62)38(63)42(79-50)46(57)65/h26-45,48-51,60-64,68-69H,11-25,55-56H2,1-10H3,(H2,57,65)(H2,58,66)(H2,59,67)(H,70,71). The molecule has 492 valence electrons. The van der Waals surface area contributed by atoms with Crippen molar-refractivity contribution in [3.05, 3.63) is 0 Å². The molecule has 0 spiro atoms. The molecular weight excluding hydrogens is 1130 g/mol. The number of carbonyl (C=O) groups excluding carboxylic acids is 3. The molecule has 4 rings (SSSR count). The van der Waals surface area contributed by atoms with Crippen LogP contribution in [0.2, 0.25) is 0 Å². The lowest BCUT2D eigenvalue weighted by atomic mass is 9.79. The highest BCUT2D eigenvalue weighted by atomic mass is 31.2. The summed E-state index contributed by atoms with van der Waals surface area (Å²) >= 11 is 0. The average molecular weight is 1240 g/mol. The fourth-order valence-corrected chi connectivity index (χ4v) is 11.8. The molecule has 84 heavy (non-hydrogen) atoms. The van der Waals surface area contributed by atoms with Gasteiger partial charge in [-0.25, -0.2) is 14.2 Å². The number of nitrogens with two attached hydrogens (primary N) is 5. The van der Waals surface area contributed by atoms with E-state index in [9.17, 15) is 59.7 Å². The predicted octanol–water partition coefficient (Wildman–Crippen LogP) is 1.01. The Labute approximate surface area is 492 Å². The first-order chi connectivity index (χ1) is 39.1. The summed E-state index contributed by atoms with van der Waals surface area (Å²) in [6.07, 6.45) is -19.2. The van der Waals surface area contributed by atoms with Crippen molar-refractivity contribution >= 4 is 25.7 Å². The third-order valence-corrected chi connectivity index (χ3v) is 17.5. The van der Waals surface area contributed by atoms with E-state index in [2.05, 4.69) is 53.4 Å². The van der Waals surface area contributed by atoms with E-state index in [0.717, 1.165) is 44.4 Å². The fourth-order valence-electron chi connectivity index (χ4n) is 11.0. The normalized spacial score (nSPS) is 37.2. The molecule has 0 saturated carbocycles. The predicted molar refractivity (Wildman–Crippen MR) is 297 cm³/mol. The number of phosphoric ester groups is 1. The molecule has 0 aliphatic carbocycles. The highest BCUT2D eigenvalue weighted by molar-refractivity contribution is 7.47. The molecule has 0 radical (unpaired) electrons. The third kappa shape index (κ3) is 21.7. The minimum Gasteiger partial charge on any atom is -0.440 e. The minimum absolute atomic E-state index is 0.162. The van der Waals surface area contributed by atoms with E-state index < -0.39 is 167 Å². The maximum Gasteiger partial charge on any atom is 0.474 e. The number of ether oxygens (including phenoxy) is 9. The Morgan fingerprint density at radius 3 is 1.70 bits per heavy atom. The van der Waals surface area contributed by atoms with Crippen molar-refractivity contribution in [1.82, 2.24) is 0 Å². The van der Waals surface area contributed by atoms with Crippen LogP contribution >= 0.6 is 7.82 Å². The van der Waals surface area contributed by atoms with Crippen molar-refractivity contribution in [2.24, 2.45) is 57.8 Å². The highest BCUT2D eigenvalue weighted by Gasteiger charge is 2.61. The van der Waals surface area contributed by atoms with Gasteiger partial charge in [-0.15, -0.1) is 0 Å².